The van der Waals surface area contributed by atoms with Gasteiger partial charge in [0.15, 0.2) is 0 Å². The summed E-state index contributed by atoms with van der Waals surface area (Å²) in [5.41, 5.74) is 2.58. The predicted octanol–water partition coefficient (Wildman–Crippen LogP) is 5.21. The number of rotatable bonds is 13. The van der Waals surface area contributed by atoms with Crippen molar-refractivity contribution in [3.8, 4) is 0 Å². The molecule has 34 heavy (non-hydrogen) atoms. The molecule has 0 radical (unpaired) electrons. The van der Waals surface area contributed by atoms with E-state index in [2.05, 4.69) is 15.0 Å². The Hall–Kier alpha value is -3.45. The lowest BCUT2D eigenvalue weighted by atomic mass is 10.1. The van der Waals surface area contributed by atoms with Gasteiger partial charge in [0.25, 0.3) is 10.0 Å². The number of para-hydroxylation sites is 1. The van der Waals surface area contributed by atoms with Gasteiger partial charge < -0.3 is 5.32 Å². The van der Waals surface area contributed by atoms with Crippen molar-refractivity contribution in [3.63, 3.8) is 0 Å². The van der Waals surface area contributed by atoms with Crippen molar-refractivity contribution in [1.29, 1.82) is 0 Å². The summed E-state index contributed by atoms with van der Waals surface area (Å²) in [5, 5.41) is 2.90. The van der Waals surface area contributed by atoms with Gasteiger partial charge in [0.1, 0.15) is 0 Å². The van der Waals surface area contributed by atoms with Gasteiger partial charge in [-0.3, -0.25) is 14.5 Å². The standard InChI is InChI=1S/C27H31N3O3S/c31-27(19-16-24-11-9-20-28-22-24)29-21-8-3-1-2-5-10-23-14-17-26(18-15-23)34(32,33)30-25-12-6-4-7-13-25/h4,6-7,9,11-20,22,30H,1-3,5,8,10,21H2,(H,29,31)/b19-16+. The van der Waals surface area contributed by atoms with E-state index < -0.39 is 10.0 Å². The molecule has 6 nitrogen and oxygen atoms in total. The molecule has 0 saturated heterocycles. The van der Waals surface area contributed by atoms with Crippen molar-refractivity contribution in [3.05, 3.63) is 96.3 Å². The van der Waals surface area contributed by atoms with E-state index in [0.717, 1.165) is 49.7 Å². The number of sulfonamides is 1. The lowest BCUT2D eigenvalue weighted by Crippen LogP contribution is -2.21. The molecule has 0 aliphatic heterocycles. The van der Waals surface area contributed by atoms with Crippen LogP contribution in [0.4, 0.5) is 5.69 Å². The normalized spacial score (nSPS) is 11.4. The van der Waals surface area contributed by atoms with Crippen LogP contribution in [0.2, 0.25) is 0 Å². The van der Waals surface area contributed by atoms with E-state index in [4.69, 9.17) is 0 Å². The highest BCUT2D eigenvalue weighted by Gasteiger charge is 2.13. The minimum absolute atomic E-state index is 0.0896. The van der Waals surface area contributed by atoms with Gasteiger partial charge in [-0.25, -0.2) is 8.42 Å². The molecule has 0 fully saturated rings. The molecule has 2 N–H and O–H groups in total. The van der Waals surface area contributed by atoms with Gasteiger partial charge in [-0.2, -0.15) is 0 Å². The molecule has 0 saturated carbocycles. The van der Waals surface area contributed by atoms with E-state index in [1.165, 1.54) is 6.08 Å². The van der Waals surface area contributed by atoms with Crippen molar-refractivity contribution in [2.75, 3.05) is 11.3 Å². The topological polar surface area (TPSA) is 88.2 Å². The summed E-state index contributed by atoms with van der Waals surface area (Å²) >= 11 is 0. The van der Waals surface area contributed by atoms with Crippen LogP contribution < -0.4 is 10.0 Å². The zero-order valence-corrected chi connectivity index (χ0v) is 20.0. The summed E-state index contributed by atoms with van der Waals surface area (Å²) in [6.07, 6.45) is 12.9. The molecule has 0 atom stereocenters. The molecule has 1 amide bonds. The second kappa shape index (κ2) is 13.3. The van der Waals surface area contributed by atoms with Crippen molar-refractivity contribution in [2.45, 2.75) is 43.4 Å². The quantitative estimate of drug-likeness (QED) is 0.261. The van der Waals surface area contributed by atoms with Gasteiger partial charge in [-0.15, -0.1) is 0 Å². The molecule has 1 aromatic heterocycles. The molecule has 3 rings (SSSR count). The molecular formula is C27H31N3O3S. The highest BCUT2D eigenvalue weighted by Crippen LogP contribution is 2.17. The van der Waals surface area contributed by atoms with Crippen molar-refractivity contribution in [2.24, 2.45) is 0 Å². The number of nitrogens with one attached hydrogen (secondary N) is 2. The molecule has 1 heterocycles. The van der Waals surface area contributed by atoms with E-state index in [1.54, 1.807) is 54.9 Å². The molecule has 2 aromatic carbocycles. The van der Waals surface area contributed by atoms with Crippen molar-refractivity contribution in [1.82, 2.24) is 10.3 Å². The fourth-order valence-corrected chi connectivity index (χ4v) is 4.52. The Morgan fingerprint density at radius 3 is 2.32 bits per heavy atom. The second-order valence-corrected chi connectivity index (χ2v) is 9.73. The van der Waals surface area contributed by atoms with Gasteiger partial charge in [-0.05, 0) is 66.8 Å². The van der Waals surface area contributed by atoms with Crippen LogP contribution in [0, 0.1) is 0 Å². The van der Waals surface area contributed by atoms with E-state index in [-0.39, 0.29) is 10.8 Å². The molecule has 0 unspecified atom stereocenters. The van der Waals surface area contributed by atoms with Crippen LogP contribution in [-0.2, 0) is 21.2 Å². The van der Waals surface area contributed by atoms with Crippen LogP contribution >= 0.6 is 0 Å². The highest BCUT2D eigenvalue weighted by molar-refractivity contribution is 7.92. The summed E-state index contributed by atoms with van der Waals surface area (Å²) in [4.78, 5) is 16.1. The Kier molecular flexibility index (Phi) is 9.85. The average Bonchev–Trinajstić information content (AvgIpc) is 2.85. The maximum Gasteiger partial charge on any atom is 0.261 e. The van der Waals surface area contributed by atoms with Crippen LogP contribution in [-0.4, -0.2) is 25.9 Å². The lowest BCUT2D eigenvalue weighted by Gasteiger charge is -2.09. The number of hydrogen-bond acceptors (Lipinski definition) is 4. The Balaban J connectivity index is 1.27. The molecular weight excluding hydrogens is 446 g/mol. The van der Waals surface area contributed by atoms with Gasteiger partial charge in [-0.1, -0.05) is 55.7 Å². The van der Waals surface area contributed by atoms with Crippen molar-refractivity contribution >= 4 is 27.7 Å². The molecule has 0 aliphatic rings. The highest BCUT2D eigenvalue weighted by atomic mass is 32.2. The average molecular weight is 478 g/mol. The van der Waals surface area contributed by atoms with E-state index in [9.17, 15) is 13.2 Å². The van der Waals surface area contributed by atoms with Crippen LogP contribution in [0.15, 0.2) is 90.1 Å². The lowest BCUT2D eigenvalue weighted by molar-refractivity contribution is -0.116. The Morgan fingerprint density at radius 2 is 1.59 bits per heavy atom. The summed E-state index contributed by atoms with van der Waals surface area (Å²) in [7, 11) is -3.58. The molecule has 0 bridgehead atoms. The van der Waals surface area contributed by atoms with Crippen LogP contribution in [0.3, 0.4) is 0 Å². The SMILES string of the molecule is O=C(/C=C/c1cccnc1)NCCCCCCCc1ccc(S(=O)(=O)Nc2ccccc2)cc1. The van der Waals surface area contributed by atoms with Crippen LogP contribution in [0.1, 0.15) is 43.2 Å². The van der Waals surface area contributed by atoms with Crippen molar-refractivity contribution < 1.29 is 13.2 Å². The van der Waals surface area contributed by atoms with E-state index >= 15 is 0 Å². The molecule has 178 valence electrons. The molecule has 3 aromatic rings. The molecule has 7 heteroatoms. The third kappa shape index (κ3) is 8.83. The monoisotopic (exact) mass is 477 g/mol. The minimum atomic E-state index is -3.58. The number of anilines is 1. The largest absolute Gasteiger partial charge is 0.353 e. The molecule has 0 spiro atoms. The third-order valence-electron chi connectivity index (χ3n) is 5.31. The van der Waals surface area contributed by atoms with E-state index in [0.29, 0.717) is 12.2 Å². The number of benzene rings is 2. The maximum absolute atomic E-state index is 12.5. The number of carbonyl (C=O) groups excluding carboxylic acids is 1. The maximum atomic E-state index is 12.5. The Labute approximate surface area is 202 Å². The van der Waals surface area contributed by atoms with Crippen LogP contribution in [0.5, 0.6) is 0 Å². The Morgan fingerprint density at radius 1 is 0.853 bits per heavy atom. The summed E-state index contributed by atoms with van der Waals surface area (Å²) in [5.74, 6) is -0.0896. The summed E-state index contributed by atoms with van der Waals surface area (Å²) < 4.78 is 27.6. The number of aromatic nitrogens is 1. The number of hydrogen-bond donors (Lipinski definition) is 2. The smallest absolute Gasteiger partial charge is 0.261 e. The zero-order chi connectivity index (χ0) is 24.1. The van der Waals surface area contributed by atoms with Gasteiger partial charge in [0.05, 0.1) is 4.90 Å². The first-order valence-corrected chi connectivity index (χ1v) is 13.0. The van der Waals surface area contributed by atoms with Crippen LogP contribution in [0.25, 0.3) is 6.08 Å². The number of pyridine rings is 1. The molecule has 0 aliphatic carbocycles. The third-order valence-corrected chi connectivity index (χ3v) is 6.71. The first kappa shape index (κ1) is 25.2. The van der Waals surface area contributed by atoms with E-state index in [1.807, 2.05) is 30.3 Å². The number of unbranched alkanes of at least 4 members (excludes halogenated alkanes) is 4. The fraction of sp³-hybridized carbons (Fsp3) is 0.259. The summed E-state index contributed by atoms with van der Waals surface area (Å²) in [6.45, 7) is 0.670. The summed E-state index contributed by atoms with van der Waals surface area (Å²) in [6, 6.07) is 19.7. The number of carbonyl (C=O) groups is 1. The van der Waals surface area contributed by atoms with Gasteiger partial charge in [0, 0.05) is 30.7 Å². The zero-order valence-electron chi connectivity index (χ0n) is 19.2. The van der Waals surface area contributed by atoms with Gasteiger partial charge in [0.2, 0.25) is 5.91 Å². The second-order valence-electron chi connectivity index (χ2n) is 8.04. The minimum Gasteiger partial charge on any atom is -0.353 e. The number of amides is 1. The number of aryl methyl sites for hydroxylation is 1. The Bertz CT molecular complexity index is 1150. The predicted molar refractivity (Wildman–Crippen MR) is 137 cm³/mol. The number of nitrogens with zero attached hydrogens (tertiary/aromatic N) is 1. The first-order valence-electron chi connectivity index (χ1n) is 11.6. The first-order chi connectivity index (χ1) is 16.5. The van der Waals surface area contributed by atoms with Gasteiger partial charge >= 0.3 is 0 Å². The fourth-order valence-electron chi connectivity index (χ4n) is 3.46.